The molecule has 1 heterocycles. The van der Waals surface area contributed by atoms with Gasteiger partial charge in [0.1, 0.15) is 5.82 Å². The van der Waals surface area contributed by atoms with Crippen molar-refractivity contribution >= 4 is 17.4 Å². The fraction of sp³-hybridized carbons (Fsp3) is 0.320. The summed E-state index contributed by atoms with van der Waals surface area (Å²) in [4.78, 5) is 42.3. The van der Waals surface area contributed by atoms with Gasteiger partial charge in [0.2, 0.25) is 0 Å². The van der Waals surface area contributed by atoms with E-state index in [2.05, 4.69) is 4.98 Å². The number of aromatic nitrogens is 2. The number of hydrogen-bond donors (Lipinski definition) is 2. The van der Waals surface area contributed by atoms with E-state index < -0.39 is 11.2 Å². The molecule has 2 aromatic carbocycles. The van der Waals surface area contributed by atoms with Gasteiger partial charge in [0, 0.05) is 32.4 Å². The van der Waals surface area contributed by atoms with E-state index in [-0.39, 0.29) is 29.9 Å². The summed E-state index contributed by atoms with van der Waals surface area (Å²) >= 11 is 0. The monoisotopic (exact) mass is 450 g/mol. The average molecular weight is 451 g/mol. The van der Waals surface area contributed by atoms with Gasteiger partial charge in [0.15, 0.2) is 5.69 Å². The van der Waals surface area contributed by atoms with Gasteiger partial charge < -0.3 is 15.4 Å². The van der Waals surface area contributed by atoms with Gasteiger partial charge in [0.25, 0.3) is 11.5 Å². The molecule has 0 atom stereocenters. The molecule has 0 spiro atoms. The van der Waals surface area contributed by atoms with Crippen LogP contribution in [-0.4, -0.2) is 35.7 Å². The summed E-state index contributed by atoms with van der Waals surface area (Å²) in [5, 5.41) is 0. The van der Waals surface area contributed by atoms with Gasteiger partial charge in [-0.25, -0.2) is 4.79 Å². The highest BCUT2D eigenvalue weighted by atomic mass is 16.5. The molecule has 0 unspecified atom stereocenters. The second-order valence-corrected chi connectivity index (χ2v) is 8.24. The SMILES string of the molecule is COCCCN(C(=O)c1ccc(-c2ccccc2)cc1)c1c(N)n(CC(C)C)c(=O)[nH]c1=O. The zero-order chi connectivity index (χ0) is 24.0. The number of anilines is 2. The van der Waals surface area contributed by atoms with Crippen LogP contribution in [0.15, 0.2) is 64.2 Å². The molecule has 33 heavy (non-hydrogen) atoms. The number of carbonyl (C=O) groups is 1. The van der Waals surface area contributed by atoms with E-state index >= 15 is 0 Å². The molecule has 174 valence electrons. The van der Waals surface area contributed by atoms with Crippen molar-refractivity contribution in [2.75, 3.05) is 30.9 Å². The lowest BCUT2D eigenvalue weighted by Gasteiger charge is -2.25. The third-order valence-electron chi connectivity index (χ3n) is 5.25. The van der Waals surface area contributed by atoms with E-state index in [0.717, 1.165) is 11.1 Å². The molecule has 1 amide bonds. The van der Waals surface area contributed by atoms with Crippen LogP contribution in [0.3, 0.4) is 0 Å². The summed E-state index contributed by atoms with van der Waals surface area (Å²) in [5.74, 6) is -0.284. The van der Waals surface area contributed by atoms with Crippen LogP contribution in [0.25, 0.3) is 11.1 Å². The maximum Gasteiger partial charge on any atom is 0.330 e. The molecule has 0 aliphatic carbocycles. The van der Waals surface area contributed by atoms with Gasteiger partial charge >= 0.3 is 5.69 Å². The molecule has 1 aromatic heterocycles. The first-order valence-corrected chi connectivity index (χ1v) is 10.9. The molecule has 0 aliphatic heterocycles. The number of methoxy groups -OCH3 is 1. The number of carbonyl (C=O) groups excluding carboxylic acids is 1. The average Bonchev–Trinajstić information content (AvgIpc) is 2.81. The molecule has 0 radical (unpaired) electrons. The first-order chi connectivity index (χ1) is 15.8. The minimum Gasteiger partial charge on any atom is -0.385 e. The number of aromatic amines is 1. The summed E-state index contributed by atoms with van der Waals surface area (Å²) < 4.78 is 6.43. The van der Waals surface area contributed by atoms with Crippen LogP contribution < -0.4 is 21.9 Å². The van der Waals surface area contributed by atoms with E-state index in [1.165, 1.54) is 9.47 Å². The Kier molecular flexibility index (Phi) is 7.84. The highest BCUT2D eigenvalue weighted by Crippen LogP contribution is 2.23. The molecule has 0 bridgehead atoms. The van der Waals surface area contributed by atoms with E-state index in [0.29, 0.717) is 25.1 Å². The number of benzene rings is 2. The molecule has 3 aromatic rings. The van der Waals surface area contributed by atoms with Gasteiger partial charge in [-0.3, -0.25) is 19.1 Å². The fourth-order valence-electron chi connectivity index (χ4n) is 3.66. The van der Waals surface area contributed by atoms with Crippen molar-refractivity contribution in [1.82, 2.24) is 9.55 Å². The lowest BCUT2D eigenvalue weighted by atomic mass is 10.0. The van der Waals surface area contributed by atoms with Crippen LogP contribution in [-0.2, 0) is 11.3 Å². The van der Waals surface area contributed by atoms with Crippen molar-refractivity contribution in [3.63, 3.8) is 0 Å². The molecule has 3 rings (SSSR count). The lowest BCUT2D eigenvalue weighted by molar-refractivity contribution is 0.0983. The van der Waals surface area contributed by atoms with E-state index in [4.69, 9.17) is 10.5 Å². The Morgan fingerprint density at radius 1 is 1.06 bits per heavy atom. The molecule has 0 saturated carbocycles. The molecule has 0 fully saturated rings. The Balaban J connectivity index is 2.02. The number of nitrogen functional groups attached to an aromatic ring is 1. The normalized spacial score (nSPS) is 11.0. The zero-order valence-corrected chi connectivity index (χ0v) is 19.2. The van der Waals surface area contributed by atoms with Gasteiger partial charge in [-0.1, -0.05) is 56.3 Å². The lowest BCUT2D eigenvalue weighted by Crippen LogP contribution is -2.42. The number of ether oxygens (including phenoxy) is 1. The second-order valence-electron chi connectivity index (χ2n) is 8.24. The van der Waals surface area contributed by atoms with Crippen molar-refractivity contribution in [3.05, 3.63) is 81.0 Å². The summed E-state index contributed by atoms with van der Waals surface area (Å²) in [6.45, 7) is 4.81. The molecule has 8 nitrogen and oxygen atoms in total. The van der Waals surface area contributed by atoms with Crippen molar-refractivity contribution in [2.45, 2.75) is 26.8 Å². The standard InChI is InChI=1S/C25H30N4O4/c1-17(2)16-29-22(26)21(23(30)27-25(29)32)28(14-7-15-33-3)24(31)20-12-10-19(11-13-20)18-8-5-4-6-9-18/h4-6,8-13,17H,7,14-16,26H2,1-3H3,(H,27,30,32). The topological polar surface area (TPSA) is 110 Å². The Hall–Kier alpha value is -3.65. The number of nitrogens with two attached hydrogens (primary N) is 1. The van der Waals surface area contributed by atoms with Crippen molar-refractivity contribution < 1.29 is 9.53 Å². The van der Waals surface area contributed by atoms with E-state index in [1.54, 1.807) is 19.2 Å². The van der Waals surface area contributed by atoms with Crippen LogP contribution in [0, 0.1) is 5.92 Å². The highest BCUT2D eigenvalue weighted by molar-refractivity contribution is 6.07. The summed E-state index contributed by atoms with van der Waals surface area (Å²) in [6, 6.07) is 17.0. The van der Waals surface area contributed by atoms with E-state index in [1.807, 2.05) is 56.3 Å². The number of hydrogen-bond acceptors (Lipinski definition) is 5. The summed E-state index contributed by atoms with van der Waals surface area (Å²) in [7, 11) is 1.57. The van der Waals surface area contributed by atoms with Crippen molar-refractivity contribution in [1.29, 1.82) is 0 Å². The van der Waals surface area contributed by atoms with Crippen LogP contribution in [0.5, 0.6) is 0 Å². The molecule has 8 heteroatoms. The number of amides is 1. The fourth-order valence-corrected chi connectivity index (χ4v) is 3.66. The van der Waals surface area contributed by atoms with Crippen LogP contribution in [0.2, 0.25) is 0 Å². The molecule has 3 N–H and O–H groups in total. The van der Waals surface area contributed by atoms with Gasteiger partial charge in [-0.2, -0.15) is 0 Å². The zero-order valence-electron chi connectivity index (χ0n) is 19.2. The number of rotatable bonds is 9. The predicted octanol–water partition coefficient (Wildman–Crippen LogP) is 3.13. The number of nitrogens with one attached hydrogen (secondary N) is 1. The third-order valence-corrected chi connectivity index (χ3v) is 5.25. The molecular weight excluding hydrogens is 420 g/mol. The van der Waals surface area contributed by atoms with Crippen LogP contribution >= 0.6 is 0 Å². The Labute approximate surface area is 192 Å². The number of H-pyrrole nitrogens is 1. The minimum absolute atomic E-state index is 0.0240. The maximum absolute atomic E-state index is 13.5. The van der Waals surface area contributed by atoms with Gasteiger partial charge in [0.05, 0.1) is 0 Å². The first-order valence-electron chi connectivity index (χ1n) is 10.9. The smallest absolute Gasteiger partial charge is 0.330 e. The molecule has 0 saturated heterocycles. The predicted molar refractivity (Wildman–Crippen MR) is 131 cm³/mol. The van der Waals surface area contributed by atoms with Crippen LogP contribution in [0.4, 0.5) is 11.5 Å². The van der Waals surface area contributed by atoms with Crippen molar-refractivity contribution in [3.8, 4) is 11.1 Å². The summed E-state index contributed by atoms with van der Waals surface area (Å²) in [6.07, 6.45) is 0.493. The maximum atomic E-state index is 13.5. The largest absolute Gasteiger partial charge is 0.385 e. The Morgan fingerprint density at radius 3 is 2.30 bits per heavy atom. The molecular formula is C25H30N4O4. The Morgan fingerprint density at radius 2 is 1.70 bits per heavy atom. The minimum atomic E-state index is -0.691. The molecule has 0 aliphatic rings. The Bertz CT molecular complexity index is 1200. The number of nitrogens with zero attached hydrogens (tertiary/aromatic N) is 2. The van der Waals surface area contributed by atoms with Gasteiger partial charge in [-0.15, -0.1) is 0 Å². The highest BCUT2D eigenvalue weighted by Gasteiger charge is 2.25. The third kappa shape index (κ3) is 5.59. The van der Waals surface area contributed by atoms with Crippen molar-refractivity contribution in [2.24, 2.45) is 5.92 Å². The first kappa shape index (κ1) is 24.0. The second kappa shape index (κ2) is 10.8. The quantitative estimate of drug-likeness (QED) is 0.487. The summed E-state index contributed by atoms with van der Waals surface area (Å²) in [5.41, 5.74) is 7.39. The van der Waals surface area contributed by atoms with E-state index in [9.17, 15) is 14.4 Å². The van der Waals surface area contributed by atoms with Crippen LogP contribution in [0.1, 0.15) is 30.6 Å². The van der Waals surface area contributed by atoms with Gasteiger partial charge in [-0.05, 0) is 35.6 Å².